The molecule has 8 atom stereocenters. The van der Waals surface area contributed by atoms with Gasteiger partial charge in [-0.05, 0) is 42.9 Å². The largest absolute Gasteiger partial charge is 0.461 e. The van der Waals surface area contributed by atoms with Crippen molar-refractivity contribution in [1.29, 1.82) is 0 Å². The molecule has 27 heavy (non-hydrogen) atoms. The molecular weight excluding hydrogens is 360 g/mol. The summed E-state index contributed by atoms with van der Waals surface area (Å²) in [5.74, 6) is -0.0121. The van der Waals surface area contributed by atoms with E-state index in [0.29, 0.717) is 12.8 Å². The summed E-state index contributed by atoms with van der Waals surface area (Å²) in [6.45, 7) is 12.4. The van der Waals surface area contributed by atoms with E-state index >= 15 is 0 Å². The number of rotatable bonds is 3. The molecule has 3 rings (SSSR count). The Kier molecular flexibility index (Phi) is 5.35. The molecular formula is C22H34O4S. The molecule has 4 nitrogen and oxygen atoms in total. The van der Waals surface area contributed by atoms with Gasteiger partial charge in [0.1, 0.15) is 11.9 Å². The van der Waals surface area contributed by atoms with E-state index in [1.54, 1.807) is 0 Å². The van der Waals surface area contributed by atoms with Crippen LogP contribution in [0.1, 0.15) is 59.8 Å². The first-order valence-electron chi connectivity index (χ1n) is 10.2. The Balaban J connectivity index is 2.21. The highest BCUT2D eigenvalue weighted by Gasteiger charge is 2.68. The maximum Gasteiger partial charge on any atom is 0.315 e. The third-order valence-electron chi connectivity index (χ3n) is 8.70. The van der Waals surface area contributed by atoms with Crippen LogP contribution in [0, 0.1) is 34.0 Å². The molecule has 0 aliphatic heterocycles. The highest BCUT2D eigenvalue weighted by atomic mass is 32.1. The van der Waals surface area contributed by atoms with Crippen LogP contribution < -0.4 is 0 Å². The van der Waals surface area contributed by atoms with E-state index in [-0.39, 0.29) is 40.7 Å². The molecule has 3 saturated carbocycles. The van der Waals surface area contributed by atoms with Gasteiger partial charge >= 0.3 is 5.97 Å². The number of hydrogen-bond donors (Lipinski definition) is 2. The van der Waals surface area contributed by atoms with Crippen molar-refractivity contribution in [3.05, 3.63) is 12.7 Å². The van der Waals surface area contributed by atoms with E-state index in [0.717, 1.165) is 19.3 Å². The summed E-state index contributed by atoms with van der Waals surface area (Å²) in [6.07, 6.45) is 4.52. The first kappa shape index (κ1) is 20.9. The van der Waals surface area contributed by atoms with Gasteiger partial charge < -0.3 is 9.84 Å². The fraction of sp³-hybridized carbons (Fsp3) is 0.818. The highest BCUT2D eigenvalue weighted by molar-refractivity contribution is 7.81. The summed E-state index contributed by atoms with van der Waals surface area (Å²) in [4.78, 5) is 25.4. The number of carbonyl (C=O) groups excluding carboxylic acids is 2. The zero-order valence-corrected chi connectivity index (χ0v) is 17.9. The SMILES string of the molecule is C=CC1(C)CC(OC(=O)CS)C2(C)C(C)CCC3(CCC(=O)C32)C(C)C1O. The van der Waals surface area contributed by atoms with Gasteiger partial charge in [0, 0.05) is 23.2 Å². The third kappa shape index (κ3) is 2.83. The van der Waals surface area contributed by atoms with E-state index in [2.05, 4.69) is 40.0 Å². The maximum absolute atomic E-state index is 13.2. The second kappa shape index (κ2) is 6.91. The predicted octanol–water partition coefficient (Wildman–Crippen LogP) is 3.82. The van der Waals surface area contributed by atoms with Gasteiger partial charge in [0.15, 0.2) is 0 Å². The zero-order chi connectivity index (χ0) is 20.2. The van der Waals surface area contributed by atoms with E-state index in [4.69, 9.17) is 4.74 Å². The van der Waals surface area contributed by atoms with Gasteiger partial charge in [-0.2, -0.15) is 12.6 Å². The lowest BCUT2D eigenvalue weighted by Crippen LogP contribution is -2.63. The smallest absolute Gasteiger partial charge is 0.315 e. The molecule has 0 radical (unpaired) electrons. The van der Waals surface area contributed by atoms with E-state index < -0.39 is 23.0 Å². The average molecular weight is 395 g/mol. The minimum atomic E-state index is -0.626. The number of aliphatic hydroxyl groups excluding tert-OH is 1. The molecule has 8 unspecified atom stereocenters. The second-order valence-electron chi connectivity index (χ2n) is 9.72. The van der Waals surface area contributed by atoms with Crippen LogP contribution in [0.5, 0.6) is 0 Å². The van der Waals surface area contributed by atoms with Crippen molar-refractivity contribution in [3.63, 3.8) is 0 Å². The Labute approximate surface area is 168 Å². The molecule has 2 bridgehead atoms. The molecule has 0 amide bonds. The van der Waals surface area contributed by atoms with Crippen LogP contribution in [0.4, 0.5) is 0 Å². The van der Waals surface area contributed by atoms with Gasteiger partial charge in [0.05, 0.1) is 11.9 Å². The summed E-state index contributed by atoms with van der Waals surface area (Å²) < 4.78 is 5.94. The molecule has 3 aliphatic carbocycles. The lowest BCUT2D eigenvalue weighted by molar-refractivity contribution is -0.205. The lowest BCUT2D eigenvalue weighted by Gasteiger charge is -2.61. The number of Topliss-reactive ketones (excluding diaryl/α,β-unsaturated/α-hetero) is 1. The Morgan fingerprint density at radius 1 is 1.37 bits per heavy atom. The van der Waals surface area contributed by atoms with Crippen LogP contribution >= 0.6 is 12.6 Å². The summed E-state index contributed by atoms with van der Waals surface area (Å²) in [5.41, 5.74) is -1.25. The minimum Gasteiger partial charge on any atom is -0.461 e. The van der Waals surface area contributed by atoms with E-state index in [1.807, 2.05) is 13.0 Å². The Hall–Kier alpha value is -0.810. The van der Waals surface area contributed by atoms with Gasteiger partial charge in [0.2, 0.25) is 0 Å². The molecule has 3 aliphatic rings. The lowest BCUT2D eigenvalue weighted by atomic mass is 9.44. The monoisotopic (exact) mass is 394 g/mol. The Morgan fingerprint density at radius 3 is 2.63 bits per heavy atom. The first-order chi connectivity index (χ1) is 12.6. The molecule has 0 heterocycles. The summed E-state index contributed by atoms with van der Waals surface area (Å²) in [7, 11) is 0. The molecule has 0 aromatic heterocycles. The number of carbonyl (C=O) groups is 2. The van der Waals surface area contributed by atoms with E-state index in [1.165, 1.54) is 0 Å². The molecule has 0 aromatic carbocycles. The molecule has 3 fully saturated rings. The van der Waals surface area contributed by atoms with Crippen LogP contribution in [-0.2, 0) is 14.3 Å². The number of aliphatic hydroxyl groups is 1. The zero-order valence-electron chi connectivity index (χ0n) is 17.0. The summed E-state index contributed by atoms with van der Waals surface area (Å²) >= 11 is 4.08. The molecule has 0 aromatic rings. The van der Waals surface area contributed by atoms with Gasteiger partial charge in [-0.3, -0.25) is 9.59 Å². The van der Waals surface area contributed by atoms with E-state index in [9.17, 15) is 14.7 Å². The first-order valence-corrected chi connectivity index (χ1v) is 10.8. The molecule has 0 saturated heterocycles. The minimum absolute atomic E-state index is 0.00841. The van der Waals surface area contributed by atoms with Crippen molar-refractivity contribution in [1.82, 2.24) is 0 Å². The van der Waals surface area contributed by atoms with Crippen LogP contribution in [0.3, 0.4) is 0 Å². The van der Waals surface area contributed by atoms with Crippen molar-refractivity contribution in [3.8, 4) is 0 Å². The fourth-order valence-electron chi connectivity index (χ4n) is 6.70. The van der Waals surface area contributed by atoms with Crippen LogP contribution in [0.2, 0.25) is 0 Å². The number of thiol groups is 1. The predicted molar refractivity (Wildman–Crippen MR) is 108 cm³/mol. The van der Waals surface area contributed by atoms with Gasteiger partial charge in [-0.1, -0.05) is 33.8 Å². The molecule has 5 heteroatoms. The van der Waals surface area contributed by atoms with Crippen molar-refractivity contribution < 1.29 is 19.4 Å². The van der Waals surface area contributed by atoms with Crippen LogP contribution in [0.25, 0.3) is 0 Å². The van der Waals surface area contributed by atoms with Crippen molar-refractivity contribution in [2.45, 2.75) is 72.0 Å². The Bertz CT molecular complexity index is 648. The average Bonchev–Trinajstić information content (AvgIpc) is 3.00. The van der Waals surface area contributed by atoms with Gasteiger partial charge in [-0.25, -0.2) is 0 Å². The molecule has 0 spiro atoms. The van der Waals surface area contributed by atoms with Gasteiger partial charge in [-0.15, -0.1) is 6.58 Å². The van der Waals surface area contributed by atoms with Crippen molar-refractivity contribution in [2.75, 3.05) is 5.75 Å². The summed E-state index contributed by atoms with van der Waals surface area (Å²) in [6, 6.07) is 0. The molecule has 152 valence electrons. The van der Waals surface area contributed by atoms with Crippen molar-refractivity contribution in [2.24, 2.45) is 34.0 Å². The third-order valence-corrected chi connectivity index (χ3v) is 8.96. The number of ketones is 1. The number of hydrogen-bond acceptors (Lipinski definition) is 5. The standard InChI is InChI=1S/C22H34O4S/c1-6-20(4)11-16(26-17(24)12-27)21(5)13(2)7-9-22(14(3)19(20)25)10-8-15(23)18(21)22/h6,13-14,16,18-19,25,27H,1,7-12H2,2-5H3. The highest BCUT2D eigenvalue weighted by Crippen LogP contribution is 2.67. The molecule has 1 N–H and O–H groups in total. The summed E-state index contributed by atoms with van der Waals surface area (Å²) in [5, 5.41) is 11.4. The van der Waals surface area contributed by atoms with Crippen LogP contribution in [-0.4, -0.2) is 34.8 Å². The topological polar surface area (TPSA) is 63.6 Å². The van der Waals surface area contributed by atoms with Crippen LogP contribution in [0.15, 0.2) is 12.7 Å². The maximum atomic E-state index is 13.2. The number of ether oxygens (including phenoxy) is 1. The van der Waals surface area contributed by atoms with Crippen molar-refractivity contribution >= 4 is 24.4 Å². The van der Waals surface area contributed by atoms with Gasteiger partial charge in [0.25, 0.3) is 0 Å². The second-order valence-corrected chi connectivity index (χ2v) is 10.0. The Morgan fingerprint density at radius 2 is 2.04 bits per heavy atom. The normalized spacial score (nSPS) is 49.7. The quantitative estimate of drug-likeness (QED) is 0.434. The number of esters is 1. The fourth-order valence-corrected chi connectivity index (χ4v) is 6.77.